The van der Waals surface area contributed by atoms with Crippen molar-refractivity contribution in [2.24, 2.45) is 5.92 Å². The van der Waals surface area contributed by atoms with Gasteiger partial charge in [-0.2, -0.15) is 8.78 Å². The zero-order valence-corrected chi connectivity index (χ0v) is 12.2. The van der Waals surface area contributed by atoms with Crippen molar-refractivity contribution in [2.45, 2.75) is 23.6 Å². The number of aromatic nitrogens is 1. The van der Waals surface area contributed by atoms with Gasteiger partial charge in [0.05, 0.1) is 0 Å². The first-order chi connectivity index (χ1) is 9.54. The summed E-state index contributed by atoms with van der Waals surface area (Å²) >= 11 is 2.51. The largest absolute Gasteiger partial charge is 0.624 e. The Bertz CT molecular complexity index is 523. The SMILES string of the molecule is [O-]/[N+](=C\c1csc(SCCC(F)=C(F)F)n1)CC1CC1. The molecule has 1 saturated carbocycles. The molecule has 1 aliphatic carbocycles. The minimum atomic E-state index is -2.26. The Morgan fingerprint density at radius 1 is 1.50 bits per heavy atom. The first-order valence-electron chi connectivity index (χ1n) is 6.11. The number of allylic oxidation sites excluding steroid dienone is 1. The molecule has 0 atom stereocenters. The molecule has 2 rings (SSSR count). The van der Waals surface area contributed by atoms with E-state index >= 15 is 0 Å². The topological polar surface area (TPSA) is 39.0 Å². The molecule has 0 spiro atoms. The predicted octanol–water partition coefficient (Wildman–Crippen LogP) is 4.04. The van der Waals surface area contributed by atoms with Gasteiger partial charge in [0.25, 0.3) is 0 Å². The highest BCUT2D eigenvalue weighted by molar-refractivity contribution is 8.01. The van der Waals surface area contributed by atoms with Gasteiger partial charge < -0.3 is 5.21 Å². The van der Waals surface area contributed by atoms with E-state index in [1.807, 2.05) is 0 Å². The maximum atomic E-state index is 12.6. The van der Waals surface area contributed by atoms with Crippen molar-refractivity contribution in [3.63, 3.8) is 0 Å². The van der Waals surface area contributed by atoms with E-state index in [2.05, 4.69) is 4.98 Å². The third-order valence-corrected chi connectivity index (χ3v) is 4.71. The number of nitrogens with zero attached hydrogens (tertiary/aromatic N) is 2. The Hall–Kier alpha value is -1.02. The zero-order chi connectivity index (χ0) is 14.5. The average molecular weight is 322 g/mol. The summed E-state index contributed by atoms with van der Waals surface area (Å²) < 4.78 is 37.8. The summed E-state index contributed by atoms with van der Waals surface area (Å²) in [4.78, 5) is 4.18. The second-order valence-electron chi connectivity index (χ2n) is 4.47. The van der Waals surface area contributed by atoms with Crippen LogP contribution >= 0.6 is 23.1 Å². The number of rotatable bonds is 7. The number of halogens is 3. The third kappa shape index (κ3) is 5.16. The number of hydroxylamine groups is 1. The molecule has 20 heavy (non-hydrogen) atoms. The van der Waals surface area contributed by atoms with Gasteiger partial charge in [-0.1, -0.05) is 11.8 Å². The van der Waals surface area contributed by atoms with Crippen LogP contribution in [0.15, 0.2) is 21.6 Å². The van der Waals surface area contributed by atoms with Crippen LogP contribution in [0.2, 0.25) is 0 Å². The van der Waals surface area contributed by atoms with E-state index in [9.17, 15) is 18.4 Å². The van der Waals surface area contributed by atoms with E-state index in [-0.39, 0.29) is 12.2 Å². The van der Waals surface area contributed by atoms with Crippen LogP contribution in [0.4, 0.5) is 13.2 Å². The van der Waals surface area contributed by atoms with Crippen LogP contribution < -0.4 is 0 Å². The van der Waals surface area contributed by atoms with Crippen LogP contribution in [-0.2, 0) is 0 Å². The van der Waals surface area contributed by atoms with Crippen LogP contribution in [0, 0.1) is 11.1 Å². The first kappa shape index (κ1) is 15.4. The lowest BCUT2D eigenvalue weighted by atomic mass is 10.4. The second-order valence-corrected chi connectivity index (χ2v) is 6.67. The molecule has 0 saturated heterocycles. The lowest BCUT2D eigenvalue weighted by Gasteiger charge is -2.00. The second kappa shape index (κ2) is 7.12. The molecule has 1 heterocycles. The molecule has 1 aromatic heterocycles. The van der Waals surface area contributed by atoms with Gasteiger partial charge >= 0.3 is 6.08 Å². The fraction of sp³-hybridized carbons (Fsp3) is 0.500. The summed E-state index contributed by atoms with van der Waals surface area (Å²) in [5.74, 6) is -0.683. The van der Waals surface area contributed by atoms with Crippen molar-refractivity contribution in [2.75, 3.05) is 12.3 Å². The predicted molar refractivity (Wildman–Crippen MR) is 74.2 cm³/mol. The summed E-state index contributed by atoms with van der Waals surface area (Å²) in [7, 11) is 0. The van der Waals surface area contributed by atoms with Gasteiger partial charge in [0.1, 0.15) is 5.69 Å². The van der Waals surface area contributed by atoms with Gasteiger partial charge in [-0.15, -0.1) is 11.3 Å². The lowest BCUT2D eigenvalue weighted by molar-refractivity contribution is -0.456. The molecule has 0 radical (unpaired) electrons. The van der Waals surface area contributed by atoms with E-state index in [1.165, 1.54) is 29.3 Å². The zero-order valence-electron chi connectivity index (χ0n) is 10.5. The van der Waals surface area contributed by atoms with Crippen LogP contribution in [0.5, 0.6) is 0 Å². The molecule has 110 valence electrons. The van der Waals surface area contributed by atoms with E-state index < -0.39 is 11.9 Å². The van der Waals surface area contributed by atoms with Gasteiger partial charge in [0, 0.05) is 23.5 Å². The van der Waals surface area contributed by atoms with Gasteiger partial charge in [-0.3, -0.25) is 0 Å². The Morgan fingerprint density at radius 3 is 2.90 bits per heavy atom. The number of hydrogen-bond acceptors (Lipinski definition) is 4. The summed E-state index contributed by atoms with van der Waals surface area (Å²) in [5.41, 5.74) is 0.556. The number of thiazole rings is 1. The molecule has 0 N–H and O–H groups in total. The molecule has 0 amide bonds. The molecular weight excluding hydrogens is 309 g/mol. The Balaban J connectivity index is 1.81. The minimum Gasteiger partial charge on any atom is -0.624 e. The van der Waals surface area contributed by atoms with Crippen molar-refractivity contribution < 1.29 is 17.9 Å². The monoisotopic (exact) mass is 322 g/mol. The van der Waals surface area contributed by atoms with Gasteiger partial charge in [0.15, 0.2) is 16.7 Å². The molecule has 1 fully saturated rings. The summed E-state index contributed by atoms with van der Waals surface area (Å²) in [6.45, 7) is 0.492. The highest BCUT2D eigenvalue weighted by Gasteiger charge is 2.25. The van der Waals surface area contributed by atoms with Crippen LogP contribution in [0.1, 0.15) is 25.0 Å². The minimum absolute atomic E-state index is 0.194. The quantitative estimate of drug-likeness (QED) is 0.250. The van der Waals surface area contributed by atoms with E-state index in [4.69, 9.17) is 0 Å². The fourth-order valence-corrected chi connectivity index (χ4v) is 3.26. The average Bonchev–Trinajstić information content (AvgIpc) is 3.08. The normalized spacial score (nSPS) is 15.4. The van der Waals surface area contributed by atoms with E-state index in [0.29, 0.717) is 22.5 Å². The van der Waals surface area contributed by atoms with Crippen molar-refractivity contribution in [1.82, 2.24) is 4.98 Å². The van der Waals surface area contributed by atoms with Gasteiger partial charge in [0.2, 0.25) is 6.21 Å². The molecule has 0 bridgehead atoms. The molecule has 1 aromatic rings. The number of hydrogen-bond donors (Lipinski definition) is 0. The highest BCUT2D eigenvalue weighted by atomic mass is 32.2. The lowest BCUT2D eigenvalue weighted by Crippen LogP contribution is -2.09. The maximum absolute atomic E-state index is 12.6. The molecule has 3 nitrogen and oxygen atoms in total. The molecule has 0 aliphatic heterocycles. The molecular formula is C12H13F3N2OS2. The first-order valence-corrected chi connectivity index (χ1v) is 7.97. The van der Waals surface area contributed by atoms with Crippen LogP contribution in [-0.4, -0.2) is 28.2 Å². The van der Waals surface area contributed by atoms with Crippen molar-refractivity contribution in [3.8, 4) is 0 Å². The molecule has 1 aliphatic rings. The highest BCUT2D eigenvalue weighted by Crippen LogP contribution is 2.29. The van der Waals surface area contributed by atoms with Crippen LogP contribution in [0.25, 0.3) is 0 Å². The third-order valence-electron chi connectivity index (χ3n) is 2.66. The Kier molecular flexibility index (Phi) is 5.47. The Morgan fingerprint density at radius 2 is 2.25 bits per heavy atom. The van der Waals surface area contributed by atoms with Gasteiger partial charge in [-0.25, -0.2) is 14.1 Å². The summed E-state index contributed by atoms with van der Waals surface area (Å²) in [6.07, 6.45) is 1.06. The standard InChI is InChI=1S/C12H13F3N2OS2/c13-10(11(14)15)3-4-19-12-16-9(7-20-12)6-17(18)5-8-1-2-8/h6-8H,1-5H2/b17-6-. The van der Waals surface area contributed by atoms with Crippen LogP contribution in [0.3, 0.4) is 0 Å². The van der Waals surface area contributed by atoms with Crippen molar-refractivity contribution >= 4 is 29.3 Å². The number of thioether (sulfide) groups is 1. The van der Waals surface area contributed by atoms with Gasteiger partial charge in [-0.05, 0) is 12.8 Å². The van der Waals surface area contributed by atoms with E-state index in [0.717, 1.165) is 17.6 Å². The fourth-order valence-electron chi connectivity index (χ4n) is 1.47. The summed E-state index contributed by atoms with van der Waals surface area (Å²) in [5, 5.41) is 13.3. The molecule has 0 aromatic carbocycles. The smallest absolute Gasteiger partial charge is 0.301 e. The molecule has 0 unspecified atom stereocenters. The van der Waals surface area contributed by atoms with E-state index in [1.54, 1.807) is 5.38 Å². The maximum Gasteiger partial charge on any atom is 0.301 e. The van der Waals surface area contributed by atoms with Crippen molar-refractivity contribution in [3.05, 3.63) is 28.2 Å². The Labute approximate surface area is 122 Å². The van der Waals surface area contributed by atoms with Crippen molar-refractivity contribution in [1.29, 1.82) is 0 Å². The summed E-state index contributed by atoms with van der Waals surface area (Å²) in [6, 6.07) is 0. The molecule has 8 heteroatoms.